The van der Waals surface area contributed by atoms with Gasteiger partial charge in [0.2, 0.25) is 0 Å². The number of hydrogen-bond donors (Lipinski definition) is 1. The number of nitrogens with zero attached hydrogens (tertiary/aromatic N) is 3. The fraction of sp³-hybridized carbons (Fsp3) is 0.231. The van der Waals surface area contributed by atoms with Crippen molar-refractivity contribution < 1.29 is 0 Å². The Bertz CT molecular complexity index is 2730. The molecule has 4 heteroatoms. The SMILES string of the molecule is CC(C)(C)c1cc(-c2cc(-c3ccc(-c4ccccc4)cc3)ccn2)cc(-n2c3ccccc3c3ccc(-c4cc(C(C)(C)C)cc(C(C)(C)C)c4S)nc32)c1. The van der Waals surface area contributed by atoms with E-state index in [1.54, 1.807) is 0 Å². The summed E-state index contributed by atoms with van der Waals surface area (Å²) in [5.74, 6) is 0. The van der Waals surface area contributed by atoms with E-state index in [0.29, 0.717) is 0 Å². The van der Waals surface area contributed by atoms with Gasteiger partial charge in [0.1, 0.15) is 5.65 Å². The minimum atomic E-state index is -0.106. The summed E-state index contributed by atoms with van der Waals surface area (Å²) in [5.41, 5.74) is 15.3. The van der Waals surface area contributed by atoms with E-state index in [2.05, 4.69) is 200 Å². The summed E-state index contributed by atoms with van der Waals surface area (Å²) >= 11 is 5.20. The maximum Gasteiger partial charge on any atom is 0.146 e. The van der Waals surface area contributed by atoms with E-state index in [0.717, 1.165) is 60.8 Å². The highest BCUT2D eigenvalue weighted by Crippen LogP contribution is 2.42. The normalized spacial score (nSPS) is 12.5. The van der Waals surface area contributed by atoms with E-state index in [4.69, 9.17) is 22.6 Å². The molecular formula is C52H51N3S. The summed E-state index contributed by atoms with van der Waals surface area (Å²) in [6.45, 7) is 20.4. The zero-order valence-electron chi connectivity index (χ0n) is 34.1. The summed E-state index contributed by atoms with van der Waals surface area (Å²) in [6.07, 6.45) is 1.93. The van der Waals surface area contributed by atoms with Crippen molar-refractivity contribution in [1.29, 1.82) is 0 Å². The molecule has 0 atom stereocenters. The molecule has 8 aromatic rings. The van der Waals surface area contributed by atoms with Gasteiger partial charge in [-0.3, -0.25) is 9.55 Å². The number of para-hydroxylation sites is 1. The van der Waals surface area contributed by atoms with Crippen LogP contribution in [0.5, 0.6) is 0 Å². The average molecular weight is 750 g/mol. The first-order valence-corrected chi connectivity index (χ1v) is 20.1. The van der Waals surface area contributed by atoms with Crippen LogP contribution in [0.1, 0.15) is 79.0 Å². The molecule has 0 aliphatic heterocycles. The van der Waals surface area contributed by atoms with Gasteiger partial charge in [-0.25, -0.2) is 4.98 Å². The van der Waals surface area contributed by atoms with Gasteiger partial charge in [-0.05, 0) is 110 Å². The summed E-state index contributed by atoms with van der Waals surface area (Å²) in [6, 6.07) is 48.3. The molecule has 0 saturated heterocycles. The molecule has 280 valence electrons. The molecule has 3 heterocycles. The summed E-state index contributed by atoms with van der Waals surface area (Å²) < 4.78 is 2.34. The standard InChI is InChI=1S/C52H51N3S/c1-50(2,3)38-27-37(46-29-36(25-26-53-46)35-21-19-34(20-22-35)33-15-11-10-12-16-33)28-40(30-38)55-47-18-14-13-17-41(47)42-23-24-45(54-49(42)55)43-31-39(51(4,5)6)32-44(48(43)56)52(7,8)9/h10-32,56H,1-9H3. The second-order valence-electron chi connectivity index (χ2n) is 18.2. The Hall–Kier alpha value is -5.45. The van der Waals surface area contributed by atoms with E-state index in [1.165, 1.54) is 33.2 Å². The maximum atomic E-state index is 5.54. The summed E-state index contributed by atoms with van der Waals surface area (Å²) in [5, 5.41) is 2.29. The van der Waals surface area contributed by atoms with E-state index in [-0.39, 0.29) is 16.2 Å². The highest BCUT2D eigenvalue weighted by molar-refractivity contribution is 7.80. The van der Waals surface area contributed by atoms with Crippen molar-refractivity contribution in [3.8, 4) is 50.5 Å². The van der Waals surface area contributed by atoms with Crippen LogP contribution in [0.25, 0.3) is 72.4 Å². The van der Waals surface area contributed by atoms with Crippen LogP contribution < -0.4 is 0 Å². The molecule has 0 fully saturated rings. The first-order valence-electron chi connectivity index (χ1n) is 19.6. The fourth-order valence-corrected chi connectivity index (χ4v) is 8.24. The lowest BCUT2D eigenvalue weighted by atomic mass is 9.79. The van der Waals surface area contributed by atoms with Crippen molar-refractivity contribution in [3.05, 3.63) is 156 Å². The van der Waals surface area contributed by atoms with Crippen LogP contribution in [0, 0.1) is 0 Å². The smallest absolute Gasteiger partial charge is 0.146 e. The first kappa shape index (κ1) is 37.5. The van der Waals surface area contributed by atoms with Crippen LogP contribution in [0.15, 0.2) is 145 Å². The lowest BCUT2D eigenvalue weighted by Gasteiger charge is -2.28. The molecule has 0 amide bonds. The molecule has 0 unspecified atom stereocenters. The lowest BCUT2D eigenvalue weighted by Crippen LogP contribution is -2.17. The van der Waals surface area contributed by atoms with E-state index >= 15 is 0 Å². The van der Waals surface area contributed by atoms with Crippen LogP contribution in [-0.2, 0) is 16.2 Å². The third-order valence-electron chi connectivity index (χ3n) is 11.0. The minimum absolute atomic E-state index is 0.0318. The van der Waals surface area contributed by atoms with Gasteiger partial charge in [-0.1, -0.05) is 141 Å². The van der Waals surface area contributed by atoms with E-state index in [9.17, 15) is 0 Å². The average Bonchev–Trinajstić information content (AvgIpc) is 3.51. The molecule has 8 rings (SSSR count). The number of hydrogen-bond acceptors (Lipinski definition) is 3. The Labute approximate surface area is 337 Å². The van der Waals surface area contributed by atoms with Gasteiger partial charge < -0.3 is 0 Å². The fourth-order valence-electron chi connectivity index (χ4n) is 7.66. The minimum Gasteiger partial charge on any atom is -0.294 e. The molecule has 0 N–H and O–H groups in total. The van der Waals surface area contributed by atoms with Crippen molar-refractivity contribution >= 4 is 34.6 Å². The van der Waals surface area contributed by atoms with Gasteiger partial charge >= 0.3 is 0 Å². The molecule has 0 bridgehead atoms. The number of pyridine rings is 2. The molecule has 0 spiro atoms. The van der Waals surface area contributed by atoms with Crippen molar-refractivity contribution in [1.82, 2.24) is 14.5 Å². The molecule has 5 aromatic carbocycles. The number of fused-ring (bicyclic) bond motifs is 3. The molecular weight excluding hydrogens is 699 g/mol. The van der Waals surface area contributed by atoms with Gasteiger partial charge in [0, 0.05) is 38.7 Å². The second kappa shape index (κ2) is 13.9. The second-order valence-corrected chi connectivity index (χ2v) is 18.7. The number of benzene rings is 5. The van der Waals surface area contributed by atoms with Crippen molar-refractivity contribution in [2.75, 3.05) is 0 Å². The Morgan fingerprint density at radius 2 is 1.11 bits per heavy atom. The Morgan fingerprint density at radius 3 is 1.79 bits per heavy atom. The molecule has 0 aliphatic rings. The van der Waals surface area contributed by atoms with Gasteiger partial charge in [0.15, 0.2) is 0 Å². The quantitative estimate of drug-likeness (QED) is 0.178. The first-order chi connectivity index (χ1) is 26.6. The van der Waals surface area contributed by atoms with Crippen LogP contribution >= 0.6 is 12.6 Å². The summed E-state index contributed by atoms with van der Waals surface area (Å²) in [7, 11) is 0. The van der Waals surface area contributed by atoms with Gasteiger partial charge in [0.25, 0.3) is 0 Å². The van der Waals surface area contributed by atoms with Crippen LogP contribution in [0.2, 0.25) is 0 Å². The van der Waals surface area contributed by atoms with Crippen molar-refractivity contribution in [3.63, 3.8) is 0 Å². The Balaban J connectivity index is 1.31. The van der Waals surface area contributed by atoms with E-state index < -0.39 is 0 Å². The zero-order valence-corrected chi connectivity index (χ0v) is 35.0. The third-order valence-corrected chi connectivity index (χ3v) is 11.5. The maximum absolute atomic E-state index is 5.54. The van der Waals surface area contributed by atoms with E-state index in [1.807, 2.05) is 6.20 Å². The number of aromatic nitrogens is 3. The molecule has 0 aliphatic carbocycles. The monoisotopic (exact) mass is 749 g/mol. The zero-order chi connectivity index (χ0) is 39.6. The Morgan fingerprint density at radius 1 is 0.482 bits per heavy atom. The molecule has 0 radical (unpaired) electrons. The van der Waals surface area contributed by atoms with Crippen molar-refractivity contribution in [2.24, 2.45) is 0 Å². The van der Waals surface area contributed by atoms with Crippen LogP contribution in [0.3, 0.4) is 0 Å². The van der Waals surface area contributed by atoms with Crippen LogP contribution in [-0.4, -0.2) is 14.5 Å². The molecule has 3 aromatic heterocycles. The van der Waals surface area contributed by atoms with Gasteiger partial charge in [-0.15, -0.1) is 12.6 Å². The van der Waals surface area contributed by atoms with Crippen molar-refractivity contribution in [2.45, 2.75) is 83.5 Å². The molecule has 56 heavy (non-hydrogen) atoms. The highest BCUT2D eigenvalue weighted by atomic mass is 32.1. The number of thiol groups is 1. The van der Waals surface area contributed by atoms with Gasteiger partial charge in [-0.2, -0.15) is 0 Å². The Kier molecular flexibility index (Phi) is 9.32. The third kappa shape index (κ3) is 7.08. The lowest BCUT2D eigenvalue weighted by molar-refractivity contribution is 0.560. The largest absolute Gasteiger partial charge is 0.294 e. The van der Waals surface area contributed by atoms with Crippen LogP contribution in [0.4, 0.5) is 0 Å². The number of rotatable bonds is 5. The predicted molar refractivity (Wildman–Crippen MR) is 241 cm³/mol. The van der Waals surface area contributed by atoms with Gasteiger partial charge in [0.05, 0.1) is 16.9 Å². The molecule has 3 nitrogen and oxygen atoms in total. The summed E-state index contributed by atoms with van der Waals surface area (Å²) in [4.78, 5) is 11.5. The topological polar surface area (TPSA) is 30.7 Å². The molecule has 0 saturated carbocycles. The predicted octanol–water partition coefficient (Wildman–Crippen LogP) is 14.4. The highest BCUT2D eigenvalue weighted by Gasteiger charge is 2.26.